The zero-order valence-corrected chi connectivity index (χ0v) is 17.1. The van der Waals surface area contributed by atoms with Gasteiger partial charge in [-0.2, -0.15) is 13.2 Å². The molecule has 1 saturated carbocycles. The average Bonchev–Trinajstić information content (AvgIpc) is 2.76. The van der Waals surface area contributed by atoms with Gasteiger partial charge in [-0.15, -0.1) is 0 Å². The molecule has 32 heavy (non-hydrogen) atoms. The Kier molecular flexibility index (Phi) is 6.07. The summed E-state index contributed by atoms with van der Waals surface area (Å²) in [6.07, 6.45) is 0.617. The van der Waals surface area contributed by atoms with E-state index in [1.54, 1.807) is 24.3 Å². The Morgan fingerprint density at radius 1 is 0.938 bits per heavy atom. The lowest BCUT2D eigenvalue weighted by molar-refractivity contribution is -0.137. The molecule has 0 radical (unpaired) electrons. The summed E-state index contributed by atoms with van der Waals surface area (Å²) in [5, 5.41) is 8.83. The van der Waals surface area contributed by atoms with Crippen LogP contribution >= 0.6 is 0 Å². The molecular formula is C23H22F3N3O3. The van der Waals surface area contributed by atoms with E-state index in [-0.39, 0.29) is 17.4 Å². The van der Waals surface area contributed by atoms with Crippen molar-refractivity contribution in [2.45, 2.75) is 44.3 Å². The second-order valence-corrected chi connectivity index (χ2v) is 7.77. The number of fused-ring (bicyclic) bond motifs is 1. The van der Waals surface area contributed by atoms with Gasteiger partial charge in [0.2, 0.25) is 0 Å². The third-order valence-corrected chi connectivity index (χ3v) is 5.45. The van der Waals surface area contributed by atoms with Crippen LogP contribution in [-0.2, 0) is 6.18 Å². The summed E-state index contributed by atoms with van der Waals surface area (Å²) < 4.78 is 44.2. The van der Waals surface area contributed by atoms with Crippen molar-refractivity contribution in [1.82, 2.24) is 0 Å². The molecule has 0 spiro atoms. The molecule has 2 amide bonds. The SMILES string of the molecule is O=C(Nc1cccc(C(F)(F)F)c1)Nc1c(NC2CCCCC2)c2ccccc2oc1=O. The molecule has 1 fully saturated rings. The fraction of sp³-hybridized carbons (Fsp3) is 0.304. The Hall–Kier alpha value is -3.49. The third kappa shape index (κ3) is 4.87. The maximum Gasteiger partial charge on any atom is 0.416 e. The molecule has 0 unspecified atom stereocenters. The first-order valence-electron chi connectivity index (χ1n) is 10.4. The monoisotopic (exact) mass is 445 g/mol. The molecule has 3 aromatic rings. The minimum atomic E-state index is -4.54. The second kappa shape index (κ2) is 8.94. The van der Waals surface area contributed by atoms with Crippen LogP contribution in [-0.4, -0.2) is 12.1 Å². The molecule has 0 saturated heterocycles. The van der Waals surface area contributed by atoms with Crippen molar-refractivity contribution < 1.29 is 22.4 Å². The summed E-state index contributed by atoms with van der Waals surface area (Å²) in [7, 11) is 0. The number of benzene rings is 2. The highest BCUT2D eigenvalue weighted by Gasteiger charge is 2.30. The minimum Gasteiger partial charge on any atom is -0.421 e. The predicted molar refractivity (Wildman–Crippen MR) is 117 cm³/mol. The predicted octanol–water partition coefficient (Wildman–Crippen LogP) is 6.20. The van der Waals surface area contributed by atoms with Crippen LogP contribution in [0, 0.1) is 0 Å². The second-order valence-electron chi connectivity index (χ2n) is 7.77. The van der Waals surface area contributed by atoms with Gasteiger partial charge in [-0.05, 0) is 43.2 Å². The van der Waals surface area contributed by atoms with Crippen LogP contribution in [0.25, 0.3) is 11.0 Å². The van der Waals surface area contributed by atoms with Gasteiger partial charge >= 0.3 is 17.8 Å². The zero-order valence-electron chi connectivity index (χ0n) is 17.1. The highest BCUT2D eigenvalue weighted by atomic mass is 19.4. The van der Waals surface area contributed by atoms with Crippen LogP contribution in [0.15, 0.2) is 57.7 Å². The van der Waals surface area contributed by atoms with Crippen molar-refractivity contribution in [2.24, 2.45) is 0 Å². The Labute approximate surface area is 181 Å². The van der Waals surface area contributed by atoms with Crippen LogP contribution in [0.5, 0.6) is 0 Å². The highest BCUT2D eigenvalue weighted by molar-refractivity contribution is 6.05. The van der Waals surface area contributed by atoms with E-state index in [1.165, 1.54) is 12.1 Å². The number of hydrogen-bond acceptors (Lipinski definition) is 4. The highest BCUT2D eigenvalue weighted by Crippen LogP contribution is 2.33. The fourth-order valence-electron chi connectivity index (χ4n) is 3.91. The standard InChI is InChI=1S/C23H22F3N3O3/c24-23(25,26)14-7-6-10-16(13-14)28-22(31)29-20-19(27-15-8-2-1-3-9-15)17-11-4-5-12-18(17)32-21(20)30/h4-7,10-13,15,27H,1-3,8-9H2,(H2,28,29,31). The number of anilines is 3. The number of nitrogens with one attached hydrogen (secondary N) is 3. The van der Waals surface area contributed by atoms with Gasteiger partial charge in [0.25, 0.3) is 0 Å². The molecule has 0 aliphatic heterocycles. The summed E-state index contributed by atoms with van der Waals surface area (Å²) in [4.78, 5) is 25.2. The van der Waals surface area contributed by atoms with Crippen molar-refractivity contribution in [3.05, 3.63) is 64.5 Å². The molecule has 1 heterocycles. The van der Waals surface area contributed by atoms with Gasteiger partial charge in [0, 0.05) is 17.1 Å². The van der Waals surface area contributed by atoms with E-state index in [9.17, 15) is 22.8 Å². The van der Waals surface area contributed by atoms with E-state index in [4.69, 9.17) is 4.42 Å². The van der Waals surface area contributed by atoms with Gasteiger partial charge in [0.15, 0.2) is 5.69 Å². The van der Waals surface area contributed by atoms with Crippen LogP contribution < -0.4 is 21.6 Å². The van der Waals surface area contributed by atoms with E-state index in [1.807, 2.05) is 0 Å². The third-order valence-electron chi connectivity index (χ3n) is 5.45. The van der Waals surface area contributed by atoms with Crippen molar-refractivity contribution in [3.63, 3.8) is 0 Å². The maximum absolute atomic E-state index is 12.9. The number of carbonyl (C=O) groups excluding carboxylic acids is 1. The normalized spacial score (nSPS) is 14.8. The first-order valence-corrected chi connectivity index (χ1v) is 10.4. The van der Waals surface area contributed by atoms with Crippen LogP contribution in [0.1, 0.15) is 37.7 Å². The molecule has 0 atom stereocenters. The lowest BCUT2D eigenvalue weighted by Crippen LogP contribution is -2.28. The topological polar surface area (TPSA) is 83.4 Å². The Bertz CT molecular complexity index is 1180. The molecule has 4 rings (SSSR count). The number of hydrogen-bond donors (Lipinski definition) is 3. The molecule has 1 aliphatic carbocycles. The smallest absolute Gasteiger partial charge is 0.416 e. The minimum absolute atomic E-state index is 0.0516. The van der Waals surface area contributed by atoms with Gasteiger partial charge in [0.1, 0.15) is 5.58 Å². The molecule has 9 heteroatoms. The van der Waals surface area contributed by atoms with E-state index < -0.39 is 23.4 Å². The molecule has 6 nitrogen and oxygen atoms in total. The van der Waals surface area contributed by atoms with E-state index in [0.717, 1.165) is 44.2 Å². The fourth-order valence-corrected chi connectivity index (χ4v) is 3.91. The largest absolute Gasteiger partial charge is 0.421 e. The molecule has 168 valence electrons. The van der Waals surface area contributed by atoms with E-state index in [2.05, 4.69) is 16.0 Å². The van der Waals surface area contributed by atoms with Gasteiger partial charge in [-0.3, -0.25) is 5.32 Å². The van der Waals surface area contributed by atoms with Gasteiger partial charge in [0.05, 0.1) is 11.3 Å². The molecule has 1 aliphatic rings. The quantitative estimate of drug-likeness (QED) is 0.418. The molecule has 1 aromatic heterocycles. The first-order chi connectivity index (χ1) is 15.3. The molecule has 3 N–H and O–H groups in total. The zero-order chi connectivity index (χ0) is 22.7. The van der Waals surface area contributed by atoms with Gasteiger partial charge < -0.3 is 15.1 Å². The number of halogens is 3. The summed E-state index contributed by atoms with van der Waals surface area (Å²) in [5.41, 5.74) is -0.952. The number of alkyl halides is 3. The van der Waals surface area contributed by atoms with Crippen LogP contribution in [0.3, 0.4) is 0 Å². The number of carbonyl (C=O) groups is 1. The number of rotatable bonds is 4. The summed E-state index contributed by atoms with van der Waals surface area (Å²) in [6.45, 7) is 0. The van der Waals surface area contributed by atoms with Crippen LogP contribution in [0.4, 0.5) is 35.0 Å². The number of para-hydroxylation sites is 1. The molecule has 0 bridgehead atoms. The Balaban J connectivity index is 1.63. The first kappa shape index (κ1) is 21.7. The lowest BCUT2D eigenvalue weighted by Gasteiger charge is -2.25. The van der Waals surface area contributed by atoms with E-state index in [0.29, 0.717) is 16.7 Å². The van der Waals surface area contributed by atoms with Crippen molar-refractivity contribution in [2.75, 3.05) is 16.0 Å². The molecular weight excluding hydrogens is 423 g/mol. The van der Waals surface area contributed by atoms with Gasteiger partial charge in [-0.1, -0.05) is 37.5 Å². The lowest BCUT2D eigenvalue weighted by atomic mass is 9.95. The Morgan fingerprint density at radius 3 is 2.44 bits per heavy atom. The van der Waals surface area contributed by atoms with E-state index >= 15 is 0 Å². The van der Waals surface area contributed by atoms with Crippen molar-refractivity contribution in [3.8, 4) is 0 Å². The van der Waals surface area contributed by atoms with Gasteiger partial charge in [-0.25, -0.2) is 9.59 Å². The molecule has 2 aromatic carbocycles. The maximum atomic E-state index is 12.9. The Morgan fingerprint density at radius 2 is 1.69 bits per heavy atom. The van der Waals surface area contributed by atoms with Crippen LogP contribution in [0.2, 0.25) is 0 Å². The summed E-state index contributed by atoms with van der Waals surface area (Å²) in [5.74, 6) is 0. The summed E-state index contributed by atoms with van der Waals surface area (Å²) >= 11 is 0. The van der Waals surface area contributed by atoms with Crippen molar-refractivity contribution >= 4 is 34.1 Å². The average molecular weight is 445 g/mol. The number of amides is 2. The number of urea groups is 1. The summed E-state index contributed by atoms with van der Waals surface area (Å²) in [6, 6.07) is 10.5. The van der Waals surface area contributed by atoms with Crippen molar-refractivity contribution in [1.29, 1.82) is 0 Å².